The van der Waals surface area contributed by atoms with Gasteiger partial charge in [-0.2, -0.15) is 5.10 Å². The summed E-state index contributed by atoms with van der Waals surface area (Å²) in [6, 6.07) is 13.0. The Kier molecular flexibility index (Phi) is 3.62. The molecule has 0 amide bonds. The lowest BCUT2D eigenvalue weighted by molar-refractivity contribution is 0.196. The molecule has 1 fully saturated rings. The number of nitrogens with one attached hydrogen (secondary N) is 1. The Balaban J connectivity index is 1.77. The van der Waals surface area contributed by atoms with Gasteiger partial charge in [-0.1, -0.05) is 18.2 Å². The van der Waals surface area contributed by atoms with Crippen molar-refractivity contribution in [1.29, 1.82) is 0 Å². The SMILES string of the molecule is C[C@H]1CN(Cc2ccnn2-c2ccccc2)CCN1. The van der Waals surface area contributed by atoms with E-state index in [2.05, 4.69) is 40.4 Å². The fourth-order valence-electron chi connectivity index (χ4n) is 2.64. The summed E-state index contributed by atoms with van der Waals surface area (Å²) < 4.78 is 2.03. The fraction of sp³-hybridized carbons (Fsp3) is 0.400. The molecule has 1 aromatic heterocycles. The van der Waals surface area contributed by atoms with Crippen LogP contribution in [0.25, 0.3) is 5.69 Å². The first kappa shape index (κ1) is 12.4. The third-order valence-electron chi connectivity index (χ3n) is 3.56. The van der Waals surface area contributed by atoms with E-state index >= 15 is 0 Å². The molecule has 0 spiro atoms. The predicted octanol–water partition coefficient (Wildman–Crippen LogP) is 1.67. The molecule has 1 N–H and O–H groups in total. The molecule has 19 heavy (non-hydrogen) atoms. The maximum absolute atomic E-state index is 4.45. The molecule has 1 aliphatic heterocycles. The van der Waals surface area contributed by atoms with Crippen LogP contribution in [0.4, 0.5) is 0 Å². The van der Waals surface area contributed by atoms with Gasteiger partial charge in [0, 0.05) is 38.4 Å². The molecule has 2 aromatic rings. The highest BCUT2D eigenvalue weighted by atomic mass is 15.3. The van der Waals surface area contributed by atoms with E-state index in [0.29, 0.717) is 6.04 Å². The number of rotatable bonds is 3. The molecule has 4 nitrogen and oxygen atoms in total. The largest absolute Gasteiger partial charge is 0.312 e. The third-order valence-corrected chi connectivity index (χ3v) is 3.56. The van der Waals surface area contributed by atoms with Crippen LogP contribution in [0, 0.1) is 0 Å². The van der Waals surface area contributed by atoms with Crippen molar-refractivity contribution >= 4 is 0 Å². The quantitative estimate of drug-likeness (QED) is 0.907. The second kappa shape index (κ2) is 5.55. The molecule has 1 saturated heterocycles. The van der Waals surface area contributed by atoms with E-state index in [4.69, 9.17) is 0 Å². The van der Waals surface area contributed by atoms with Crippen molar-refractivity contribution in [1.82, 2.24) is 20.0 Å². The second-order valence-corrected chi connectivity index (χ2v) is 5.16. The molecule has 4 heteroatoms. The van der Waals surface area contributed by atoms with Crippen LogP contribution in [-0.4, -0.2) is 40.4 Å². The Hall–Kier alpha value is -1.65. The van der Waals surface area contributed by atoms with Crippen molar-refractivity contribution in [2.24, 2.45) is 0 Å². The van der Waals surface area contributed by atoms with Crippen molar-refractivity contribution in [3.05, 3.63) is 48.3 Å². The van der Waals surface area contributed by atoms with Crippen LogP contribution < -0.4 is 5.32 Å². The Morgan fingerprint density at radius 2 is 2.11 bits per heavy atom. The van der Waals surface area contributed by atoms with Crippen LogP contribution >= 0.6 is 0 Å². The van der Waals surface area contributed by atoms with Gasteiger partial charge in [0.15, 0.2) is 0 Å². The minimum Gasteiger partial charge on any atom is -0.312 e. The number of para-hydroxylation sites is 1. The van der Waals surface area contributed by atoms with E-state index in [1.807, 2.05) is 29.1 Å². The smallest absolute Gasteiger partial charge is 0.0649 e. The van der Waals surface area contributed by atoms with Gasteiger partial charge >= 0.3 is 0 Å². The summed E-state index contributed by atoms with van der Waals surface area (Å²) in [7, 11) is 0. The van der Waals surface area contributed by atoms with E-state index < -0.39 is 0 Å². The van der Waals surface area contributed by atoms with Gasteiger partial charge in [0.2, 0.25) is 0 Å². The fourth-order valence-corrected chi connectivity index (χ4v) is 2.64. The molecule has 1 aliphatic rings. The molecule has 1 aromatic carbocycles. The van der Waals surface area contributed by atoms with Crippen LogP contribution in [0.3, 0.4) is 0 Å². The van der Waals surface area contributed by atoms with E-state index in [1.54, 1.807) is 0 Å². The molecule has 0 radical (unpaired) electrons. The van der Waals surface area contributed by atoms with Gasteiger partial charge in [-0.05, 0) is 25.1 Å². The van der Waals surface area contributed by atoms with E-state index in [0.717, 1.165) is 31.9 Å². The highest BCUT2D eigenvalue weighted by Gasteiger charge is 2.17. The summed E-state index contributed by atoms with van der Waals surface area (Å²) in [6.07, 6.45) is 1.88. The Morgan fingerprint density at radius 1 is 1.26 bits per heavy atom. The summed E-state index contributed by atoms with van der Waals surface area (Å²) in [4.78, 5) is 2.48. The summed E-state index contributed by atoms with van der Waals surface area (Å²) in [5.74, 6) is 0. The number of benzene rings is 1. The maximum Gasteiger partial charge on any atom is 0.0649 e. The lowest BCUT2D eigenvalue weighted by Gasteiger charge is -2.31. The molecule has 0 bridgehead atoms. The standard InChI is InChI=1S/C15H20N4/c1-13-11-18(10-9-16-13)12-15-7-8-17-19(15)14-5-3-2-4-6-14/h2-8,13,16H,9-12H2,1H3/t13-/m0/s1. The average Bonchev–Trinajstić information content (AvgIpc) is 2.88. The molecule has 3 rings (SSSR count). The molecule has 2 heterocycles. The van der Waals surface area contributed by atoms with Crippen LogP contribution in [-0.2, 0) is 6.54 Å². The zero-order valence-corrected chi connectivity index (χ0v) is 11.3. The summed E-state index contributed by atoms with van der Waals surface area (Å²) in [5.41, 5.74) is 2.38. The number of nitrogens with zero attached hydrogens (tertiary/aromatic N) is 3. The van der Waals surface area contributed by atoms with Crippen molar-refractivity contribution < 1.29 is 0 Å². The minimum atomic E-state index is 0.571. The summed E-state index contributed by atoms with van der Waals surface area (Å²) in [5, 5.41) is 7.92. The van der Waals surface area contributed by atoms with Crippen LogP contribution in [0.5, 0.6) is 0 Å². The first-order chi connectivity index (χ1) is 9.33. The molecular formula is C15H20N4. The lowest BCUT2D eigenvalue weighted by atomic mass is 10.2. The summed E-state index contributed by atoms with van der Waals surface area (Å²) in [6.45, 7) is 6.46. The topological polar surface area (TPSA) is 33.1 Å². The van der Waals surface area contributed by atoms with E-state index in [9.17, 15) is 0 Å². The van der Waals surface area contributed by atoms with Gasteiger partial charge in [0.1, 0.15) is 0 Å². The minimum absolute atomic E-state index is 0.571. The first-order valence-electron chi connectivity index (χ1n) is 6.87. The molecular weight excluding hydrogens is 236 g/mol. The van der Waals surface area contributed by atoms with Gasteiger partial charge in [0.05, 0.1) is 11.4 Å². The Morgan fingerprint density at radius 3 is 2.89 bits per heavy atom. The highest BCUT2D eigenvalue weighted by molar-refractivity contribution is 5.32. The van der Waals surface area contributed by atoms with Gasteiger partial charge in [-0.25, -0.2) is 4.68 Å². The summed E-state index contributed by atoms with van der Waals surface area (Å²) >= 11 is 0. The van der Waals surface area contributed by atoms with Gasteiger partial charge < -0.3 is 5.32 Å². The van der Waals surface area contributed by atoms with Gasteiger partial charge in [-0.15, -0.1) is 0 Å². The Bertz CT molecular complexity index is 520. The zero-order valence-electron chi connectivity index (χ0n) is 11.3. The Labute approximate surface area is 114 Å². The molecule has 0 unspecified atom stereocenters. The van der Waals surface area contributed by atoms with Gasteiger partial charge in [-0.3, -0.25) is 4.90 Å². The maximum atomic E-state index is 4.45. The monoisotopic (exact) mass is 256 g/mol. The van der Waals surface area contributed by atoms with Crippen molar-refractivity contribution in [3.8, 4) is 5.69 Å². The van der Waals surface area contributed by atoms with Gasteiger partial charge in [0.25, 0.3) is 0 Å². The first-order valence-corrected chi connectivity index (χ1v) is 6.87. The van der Waals surface area contributed by atoms with Crippen LogP contribution in [0.1, 0.15) is 12.6 Å². The number of hydrogen-bond donors (Lipinski definition) is 1. The number of piperazine rings is 1. The average molecular weight is 256 g/mol. The van der Waals surface area contributed by atoms with Crippen molar-refractivity contribution in [2.45, 2.75) is 19.5 Å². The number of hydrogen-bond acceptors (Lipinski definition) is 3. The van der Waals surface area contributed by atoms with Crippen LogP contribution in [0.2, 0.25) is 0 Å². The third kappa shape index (κ3) is 2.85. The predicted molar refractivity (Wildman–Crippen MR) is 76.3 cm³/mol. The highest BCUT2D eigenvalue weighted by Crippen LogP contribution is 2.13. The van der Waals surface area contributed by atoms with E-state index in [-0.39, 0.29) is 0 Å². The molecule has 0 saturated carbocycles. The van der Waals surface area contributed by atoms with Crippen molar-refractivity contribution in [3.63, 3.8) is 0 Å². The second-order valence-electron chi connectivity index (χ2n) is 5.16. The van der Waals surface area contributed by atoms with Crippen LogP contribution in [0.15, 0.2) is 42.6 Å². The zero-order chi connectivity index (χ0) is 13.1. The number of aromatic nitrogens is 2. The molecule has 1 atom stereocenters. The van der Waals surface area contributed by atoms with E-state index in [1.165, 1.54) is 5.69 Å². The van der Waals surface area contributed by atoms with Crippen molar-refractivity contribution in [2.75, 3.05) is 19.6 Å². The normalized spacial score (nSPS) is 20.6. The molecule has 0 aliphatic carbocycles. The lowest BCUT2D eigenvalue weighted by Crippen LogP contribution is -2.48. The molecule has 100 valence electrons.